The van der Waals surface area contributed by atoms with Gasteiger partial charge in [-0.25, -0.2) is 0 Å². The fraction of sp³-hybridized carbons (Fsp3) is 0.263. The number of carboxylic acids is 1. The molecule has 0 aliphatic heterocycles. The van der Waals surface area contributed by atoms with Gasteiger partial charge in [0.05, 0.1) is 5.92 Å². The Kier molecular flexibility index (Phi) is 4.05. The minimum Gasteiger partial charge on any atom is -0.481 e. The van der Waals surface area contributed by atoms with E-state index >= 15 is 0 Å². The van der Waals surface area contributed by atoms with E-state index in [0.29, 0.717) is 12.8 Å². The molecule has 0 spiro atoms. The summed E-state index contributed by atoms with van der Waals surface area (Å²) in [6.45, 7) is 0. The summed E-state index contributed by atoms with van der Waals surface area (Å²) in [7, 11) is 0. The van der Waals surface area contributed by atoms with E-state index < -0.39 is 11.9 Å². The van der Waals surface area contributed by atoms with E-state index in [-0.39, 0.29) is 17.6 Å². The number of hydrogen-bond donors (Lipinski definition) is 1. The molecule has 2 aromatic carbocycles. The molecule has 0 saturated heterocycles. The lowest BCUT2D eigenvalue weighted by Crippen LogP contribution is -2.13. The van der Waals surface area contributed by atoms with Crippen LogP contribution in [-0.2, 0) is 9.59 Å². The molecule has 1 aliphatic rings. The second-order valence-corrected chi connectivity index (χ2v) is 5.83. The van der Waals surface area contributed by atoms with Crippen molar-refractivity contribution in [3.8, 4) is 0 Å². The molecule has 3 nitrogen and oxygen atoms in total. The Labute approximate surface area is 129 Å². The summed E-state index contributed by atoms with van der Waals surface area (Å²) in [6, 6.07) is 19.8. The Bertz CT molecular complexity index is 624. The van der Waals surface area contributed by atoms with Crippen LogP contribution in [0.3, 0.4) is 0 Å². The standard InChI is InChI=1S/C19H18O3/c20-18(16-11-17(16)19(21)22)12-15(13-7-3-1-4-8-13)14-9-5-2-6-10-14/h1-10,15-17H,11-12H2,(H,21,22)/t16-,17-/m0/s1. The molecule has 1 aliphatic carbocycles. The maximum Gasteiger partial charge on any atom is 0.307 e. The lowest BCUT2D eigenvalue weighted by atomic mass is 9.86. The number of aliphatic carboxylic acids is 1. The van der Waals surface area contributed by atoms with Gasteiger partial charge in [0, 0.05) is 18.3 Å². The van der Waals surface area contributed by atoms with Gasteiger partial charge in [-0.3, -0.25) is 9.59 Å². The van der Waals surface area contributed by atoms with Crippen molar-refractivity contribution in [2.75, 3.05) is 0 Å². The van der Waals surface area contributed by atoms with Crippen LogP contribution in [-0.4, -0.2) is 16.9 Å². The van der Waals surface area contributed by atoms with Gasteiger partial charge in [-0.1, -0.05) is 60.7 Å². The van der Waals surface area contributed by atoms with Gasteiger partial charge < -0.3 is 5.11 Å². The van der Waals surface area contributed by atoms with Crippen LogP contribution in [0.4, 0.5) is 0 Å². The lowest BCUT2D eigenvalue weighted by Gasteiger charge is -2.17. The Morgan fingerprint density at radius 2 is 1.41 bits per heavy atom. The van der Waals surface area contributed by atoms with Gasteiger partial charge in [-0.15, -0.1) is 0 Å². The van der Waals surface area contributed by atoms with Crippen molar-refractivity contribution in [3.05, 3.63) is 71.8 Å². The van der Waals surface area contributed by atoms with Crippen LogP contribution in [0.25, 0.3) is 0 Å². The zero-order valence-electron chi connectivity index (χ0n) is 12.2. The highest BCUT2D eigenvalue weighted by Gasteiger charge is 2.48. The van der Waals surface area contributed by atoms with Crippen LogP contribution in [0.2, 0.25) is 0 Å². The fourth-order valence-corrected chi connectivity index (χ4v) is 2.98. The SMILES string of the molecule is O=C(O)[C@H]1C[C@@H]1C(=O)CC(c1ccccc1)c1ccccc1. The van der Waals surface area contributed by atoms with Gasteiger partial charge in [0.15, 0.2) is 0 Å². The van der Waals surface area contributed by atoms with Gasteiger partial charge in [0.2, 0.25) is 0 Å². The molecule has 1 N–H and O–H groups in total. The highest BCUT2D eigenvalue weighted by atomic mass is 16.4. The van der Waals surface area contributed by atoms with Crippen LogP contribution in [0, 0.1) is 11.8 Å². The Morgan fingerprint density at radius 1 is 0.909 bits per heavy atom. The summed E-state index contributed by atoms with van der Waals surface area (Å²) < 4.78 is 0. The van der Waals surface area contributed by atoms with Crippen LogP contribution in [0.15, 0.2) is 60.7 Å². The number of benzene rings is 2. The van der Waals surface area contributed by atoms with Gasteiger partial charge in [0.1, 0.15) is 5.78 Å². The Balaban J connectivity index is 1.81. The lowest BCUT2D eigenvalue weighted by molar-refractivity contribution is -0.140. The molecule has 0 heterocycles. The highest BCUT2D eigenvalue weighted by Crippen LogP contribution is 2.42. The maximum atomic E-state index is 12.4. The average Bonchev–Trinajstić information content (AvgIpc) is 3.35. The molecule has 0 aromatic heterocycles. The van der Waals surface area contributed by atoms with Crippen LogP contribution in [0.1, 0.15) is 29.9 Å². The predicted molar refractivity (Wildman–Crippen MR) is 83.6 cm³/mol. The highest BCUT2D eigenvalue weighted by molar-refractivity contribution is 5.91. The van der Waals surface area contributed by atoms with Crippen molar-refractivity contribution >= 4 is 11.8 Å². The van der Waals surface area contributed by atoms with Crippen LogP contribution in [0.5, 0.6) is 0 Å². The Hall–Kier alpha value is -2.42. The quantitative estimate of drug-likeness (QED) is 0.887. The zero-order valence-corrected chi connectivity index (χ0v) is 12.2. The normalized spacial score (nSPS) is 19.9. The molecule has 1 saturated carbocycles. The second kappa shape index (κ2) is 6.14. The summed E-state index contributed by atoms with van der Waals surface area (Å²) in [5.74, 6) is -1.57. The topological polar surface area (TPSA) is 54.4 Å². The molecule has 3 heteroatoms. The molecule has 1 fully saturated rings. The van der Waals surface area contributed by atoms with E-state index in [9.17, 15) is 9.59 Å². The van der Waals surface area contributed by atoms with Crippen molar-refractivity contribution in [3.63, 3.8) is 0 Å². The van der Waals surface area contributed by atoms with E-state index in [0.717, 1.165) is 11.1 Å². The minimum atomic E-state index is -0.852. The fourth-order valence-electron chi connectivity index (χ4n) is 2.98. The van der Waals surface area contributed by atoms with E-state index in [1.165, 1.54) is 0 Å². The molecular weight excluding hydrogens is 276 g/mol. The molecule has 3 rings (SSSR count). The molecule has 2 atom stereocenters. The summed E-state index contributed by atoms with van der Waals surface area (Å²) >= 11 is 0. The summed E-state index contributed by atoms with van der Waals surface area (Å²) in [5.41, 5.74) is 2.18. The number of Topliss-reactive ketones (excluding diaryl/α,β-unsaturated/α-hetero) is 1. The third kappa shape index (κ3) is 3.08. The first-order valence-electron chi connectivity index (χ1n) is 7.52. The average molecular weight is 294 g/mol. The summed E-state index contributed by atoms with van der Waals surface area (Å²) in [6.07, 6.45) is 0.854. The summed E-state index contributed by atoms with van der Waals surface area (Å²) in [5, 5.41) is 8.99. The van der Waals surface area contributed by atoms with E-state index in [1.807, 2.05) is 60.7 Å². The first-order chi connectivity index (χ1) is 10.7. The monoisotopic (exact) mass is 294 g/mol. The first-order valence-corrected chi connectivity index (χ1v) is 7.52. The van der Waals surface area contributed by atoms with Gasteiger partial charge in [-0.05, 0) is 17.5 Å². The largest absolute Gasteiger partial charge is 0.481 e. The number of carboxylic acid groups (broad SMARTS) is 1. The molecule has 0 bridgehead atoms. The van der Waals surface area contributed by atoms with E-state index in [1.54, 1.807) is 0 Å². The molecule has 22 heavy (non-hydrogen) atoms. The molecule has 112 valence electrons. The van der Waals surface area contributed by atoms with Crippen molar-refractivity contribution < 1.29 is 14.7 Å². The summed E-state index contributed by atoms with van der Waals surface area (Å²) in [4.78, 5) is 23.4. The number of carbonyl (C=O) groups is 2. The minimum absolute atomic E-state index is 0.00931. The third-order valence-corrected chi connectivity index (χ3v) is 4.33. The van der Waals surface area contributed by atoms with Crippen LogP contribution >= 0.6 is 0 Å². The van der Waals surface area contributed by atoms with Gasteiger partial charge in [-0.2, -0.15) is 0 Å². The molecule has 0 amide bonds. The molecule has 0 unspecified atom stereocenters. The number of rotatable bonds is 6. The smallest absolute Gasteiger partial charge is 0.307 e. The van der Waals surface area contributed by atoms with E-state index in [4.69, 9.17) is 5.11 Å². The third-order valence-electron chi connectivity index (χ3n) is 4.33. The molecule has 0 radical (unpaired) electrons. The second-order valence-electron chi connectivity index (χ2n) is 5.83. The number of carbonyl (C=O) groups excluding carboxylic acids is 1. The zero-order chi connectivity index (χ0) is 15.5. The van der Waals surface area contributed by atoms with Crippen molar-refractivity contribution in [1.82, 2.24) is 0 Å². The van der Waals surface area contributed by atoms with Gasteiger partial charge in [0.25, 0.3) is 0 Å². The van der Waals surface area contributed by atoms with Crippen LogP contribution < -0.4 is 0 Å². The number of ketones is 1. The van der Waals surface area contributed by atoms with Crippen molar-refractivity contribution in [2.24, 2.45) is 11.8 Å². The van der Waals surface area contributed by atoms with Crippen molar-refractivity contribution in [2.45, 2.75) is 18.8 Å². The maximum absolute atomic E-state index is 12.4. The molecule has 2 aromatic rings. The van der Waals surface area contributed by atoms with Crippen molar-refractivity contribution in [1.29, 1.82) is 0 Å². The van der Waals surface area contributed by atoms with Gasteiger partial charge >= 0.3 is 5.97 Å². The number of hydrogen-bond acceptors (Lipinski definition) is 2. The van der Waals surface area contributed by atoms with E-state index in [2.05, 4.69) is 0 Å². The first kappa shape index (κ1) is 14.5. The molecular formula is C19H18O3. The Morgan fingerprint density at radius 3 is 1.82 bits per heavy atom. The predicted octanol–water partition coefficient (Wildman–Crippen LogP) is 3.50.